The molecule has 66 valence electrons. The highest BCUT2D eigenvalue weighted by molar-refractivity contribution is 5.07. The average Bonchev–Trinajstić information content (AvgIpc) is 1.64. The molecular weight excluding hydrogens is 134 g/mol. The minimum Gasteiger partial charge on any atom is -0.358 e. The summed E-state index contributed by atoms with van der Waals surface area (Å²) in [5.41, 5.74) is 2.18. The van der Waals surface area contributed by atoms with E-state index in [9.17, 15) is 0 Å². The molecule has 0 bridgehead atoms. The first-order chi connectivity index (χ1) is 3.79. The molecule has 1 heterocycles. The Labute approximate surface area is 71.5 Å². The maximum Gasteiger partial charge on any atom is 0.0375 e. The van der Waals surface area contributed by atoms with Gasteiger partial charge in [-0.15, -0.1) is 0 Å². The summed E-state index contributed by atoms with van der Waals surface area (Å²) in [4.78, 5) is 4.17. The molecule has 0 aliphatic rings. The number of nitrogens with zero attached hydrogens (tertiary/aromatic N) is 1. The van der Waals surface area contributed by atoms with Gasteiger partial charge in [-0.1, -0.05) is 6.07 Å². The number of hydrogen-bond donors (Lipinski definition) is 0. The summed E-state index contributed by atoms with van der Waals surface area (Å²) in [6, 6.07) is 6.00. The van der Waals surface area contributed by atoms with Crippen LogP contribution in [0.1, 0.15) is 11.4 Å². The van der Waals surface area contributed by atoms with Crippen LogP contribution in [0.2, 0.25) is 0 Å². The van der Waals surface area contributed by atoms with Gasteiger partial charge in [-0.2, -0.15) is 0 Å². The van der Waals surface area contributed by atoms with E-state index in [4.69, 9.17) is 0 Å². The molecule has 1 aromatic rings. The molecule has 0 amide bonds. The maximum atomic E-state index is 4.17. The molecule has 0 aromatic carbocycles. The lowest BCUT2D eigenvalue weighted by atomic mass is 10.3. The first-order valence-electron chi connectivity index (χ1n) is 2.69. The summed E-state index contributed by atoms with van der Waals surface area (Å²) in [6.45, 7) is 3.99. The van der Waals surface area contributed by atoms with Crippen LogP contribution in [0.25, 0.3) is 0 Å². The van der Waals surface area contributed by atoms with E-state index < -0.39 is 0 Å². The molecule has 0 unspecified atom stereocenters. The molecule has 1 aromatic heterocycles. The van der Waals surface area contributed by atoms with E-state index in [2.05, 4.69) is 4.98 Å². The van der Waals surface area contributed by atoms with Crippen molar-refractivity contribution in [2.24, 2.45) is 0 Å². The van der Waals surface area contributed by atoms with Crippen LogP contribution in [-0.4, -0.2) is 4.98 Å². The Morgan fingerprint density at radius 2 is 1.27 bits per heavy atom. The van der Waals surface area contributed by atoms with Gasteiger partial charge in [-0.3, -0.25) is 4.98 Å². The molecule has 1 nitrogen and oxygen atoms in total. The van der Waals surface area contributed by atoms with Gasteiger partial charge in [0.1, 0.15) is 0 Å². The third-order valence-electron chi connectivity index (χ3n) is 1.03. The molecule has 1 rings (SSSR count). The normalized spacial score (nSPS) is 6.73. The van der Waals surface area contributed by atoms with Crippen LogP contribution in [0, 0.1) is 36.1 Å². The molecular formula is C10H18N-3. The molecule has 0 fully saturated rings. The fraction of sp³-hybridized carbons (Fsp3) is 0.200. The van der Waals surface area contributed by atoms with Gasteiger partial charge in [0.15, 0.2) is 0 Å². The van der Waals surface area contributed by atoms with E-state index >= 15 is 0 Å². The highest BCUT2D eigenvalue weighted by Crippen LogP contribution is 1.93. The standard InChI is InChI=1S/C7H9N.3CH3/c1-6-4-3-5-7(2)8-6;;;/h3-5H,1-2H3;3*1H3/q;3*-1. The lowest BCUT2D eigenvalue weighted by molar-refractivity contribution is 1.12. The number of rotatable bonds is 0. The van der Waals surface area contributed by atoms with Crippen molar-refractivity contribution >= 4 is 0 Å². The van der Waals surface area contributed by atoms with Crippen LogP contribution in [0.5, 0.6) is 0 Å². The second kappa shape index (κ2) is 7.26. The van der Waals surface area contributed by atoms with E-state index in [1.807, 2.05) is 32.0 Å². The topological polar surface area (TPSA) is 12.9 Å². The van der Waals surface area contributed by atoms with Gasteiger partial charge in [0.2, 0.25) is 0 Å². The van der Waals surface area contributed by atoms with Crippen LogP contribution < -0.4 is 0 Å². The average molecular weight is 152 g/mol. The van der Waals surface area contributed by atoms with Gasteiger partial charge in [0.05, 0.1) is 0 Å². The summed E-state index contributed by atoms with van der Waals surface area (Å²) < 4.78 is 0. The predicted molar refractivity (Wildman–Crippen MR) is 53.0 cm³/mol. The van der Waals surface area contributed by atoms with Crippen molar-refractivity contribution in [2.75, 3.05) is 0 Å². The first-order valence-corrected chi connectivity index (χ1v) is 2.69. The molecule has 0 spiro atoms. The van der Waals surface area contributed by atoms with Crippen molar-refractivity contribution in [1.29, 1.82) is 0 Å². The number of aromatic nitrogens is 1. The number of pyridine rings is 1. The van der Waals surface area contributed by atoms with Crippen molar-refractivity contribution in [2.45, 2.75) is 13.8 Å². The Morgan fingerprint density at radius 1 is 0.909 bits per heavy atom. The van der Waals surface area contributed by atoms with Crippen LogP contribution >= 0.6 is 0 Å². The van der Waals surface area contributed by atoms with E-state index in [1.54, 1.807) is 0 Å². The third kappa shape index (κ3) is 5.59. The van der Waals surface area contributed by atoms with E-state index in [1.165, 1.54) is 0 Å². The summed E-state index contributed by atoms with van der Waals surface area (Å²) in [6.07, 6.45) is 0. The van der Waals surface area contributed by atoms with E-state index in [0.29, 0.717) is 0 Å². The maximum absolute atomic E-state index is 4.17. The second-order valence-electron chi connectivity index (χ2n) is 1.92. The largest absolute Gasteiger partial charge is 0.358 e. The number of hydrogen-bond acceptors (Lipinski definition) is 1. The van der Waals surface area contributed by atoms with Gasteiger partial charge in [-0.05, 0) is 26.0 Å². The summed E-state index contributed by atoms with van der Waals surface area (Å²) in [5, 5.41) is 0. The zero-order valence-corrected chi connectivity index (χ0v) is 8.18. The van der Waals surface area contributed by atoms with E-state index in [0.717, 1.165) is 11.4 Å². The molecule has 0 aliphatic heterocycles. The lowest BCUT2D eigenvalue weighted by Gasteiger charge is -1.90. The van der Waals surface area contributed by atoms with Gasteiger partial charge in [-0.25, -0.2) is 0 Å². The zero-order chi connectivity index (χ0) is 5.98. The van der Waals surface area contributed by atoms with Crippen LogP contribution in [0.4, 0.5) is 0 Å². The van der Waals surface area contributed by atoms with Crippen molar-refractivity contribution in [3.05, 3.63) is 51.9 Å². The Balaban J connectivity index is -0.000000213. The molecule has 0 radical (unpaired) electrons. The van der Waals surface area contributed by atoms with Crippen molar-refractivity contribution in [1.82, 2.24) is 4.98 Å². The Hall–Kier alpha value is -0.850. The highest BCUT2D eigenvalue weighted by atomic mass is 14.7. The van der Waals surface area contributed by atoms with Gasteiger partial charge in [0.25, 0.3) is 0 Å². The molecule has 0 atom stereocenters. The molecule has 0 saturated carbocycles. The second-order valence-corrected chi connectivity index (χ2v) is 1.92. The Morgan fingerprint density at radius 3 is 1.45 bits per heavy atom. The van der Waals surface area contributed by atoms with Gasteiger partial charge < -0.3 is 22.3 Å². The smallest absolute Gasteiger partial charge is 0.0375 e. The first kappa shape index (κ1) is 16.6. The summed E-state index contributed by atoms with van der Waals surface area (Å²) in [7, 11) is 0. The van der Waals surface area contributed by atoms with E-state index in [-0.39, 0.29) is 22.3 Å². The van der Waals surface area contributed by atoms with Crippen LogP contribution in [0.3, 0.4) is 0 Å². The number of aryl methyl sites for hydroxylation is 2. The minimum absolute atomic E-state index is 0. The summed E-state index contributed by atoms with van der Waals surface area (Å²) >= 11 is 0. The van der Waals surface area contributed by atoms with Gasteiger partial charge >= 0.3 is 0 Å². The molecule has 1 heteroatoms. The fourth-order valence-electron chi connectivity index (χ4n) is 0.679. The van der Waals surface area contributed by atoms with Crippen LogP contribution in [0.15, 0.2) is 18.2 Å². The van der Waals surface area contributed by atoms with Crippen molar-refractivity contribution in [3.63, 3.8) is 0 Å². The fourth-order valence-corrected chi connectivity index (χ4v) is 0.679. The Kier molecular flexibility index (Phi) is 11.0. The molecule has 0 saturated heterocycles. The molecule has 0 N–H and O–H groups in total. The zero-order valence-electron chi connectivity index (χ0n) is 8.18. The predicted octanol–water partition coefficient (Wildman–Crippen LogP) is 3.05. The van der Waals surface area contributed by atoms with Gasteiger partial charge in [0, 0.05) is 11.4 Å². The van der Waals surface area contributed by atoms with Crippen molar-refractivity contribution < 1.29 is 0 Å². The summed E-state index contributed by atoms with van der Waals surface area (Å²) in [5.74, 6) is 0. The quantitative estimate of drug-likeness (QED) is 0.521. The van der Waals surface area contributed by atoms with Crippen LogP contribution in [-0.2, 0) is 0 Å². The third-order valence-corrected chi connectivity index (χ3v) is 1.03. The molecule has 0 aliphatic carbocycles. The minimum atomic E-state index is 0. The monoisotopic (exact) mass is 152 g/mol. The van der Waals surface area contributed by atoms with Crippen molar-refractivity contribution in [3.8, 4) is 0 Å². The SMILES string of the molecule is Cc1cccc(C)n1.[CH3-].[CH3-].[CH3-]. The Bertz CT molecular complexity index is 165. The molecule has 11 heavy (non-hydrogen) atoms. The lowest BCUT2D eigenvalue weighted by Crippen LogP contribution is -1.81. The highest BCUT2D eigenvalue weighted by Gasteiger charge is 1.82.